The lowest BCUT2D eigenvalue weighted by molar-refractivity contribution is -0.116. The van der Waals surface area contributed by atoms with Crippen LogP contribution < -0.4 is 11.1 Å². The highest BCUT2D eigenvalue weighted by atomic mass is 35.5. The fraction of sp³-hybridized carbons (Fsp3) is 0.538. The molecule has 0 unspecified atom stereocenters. The van der Waals surface area contributed by atoms with Crippen molar-refractivity contribution >= 4 is 36.5 Å². The minimum absolute atomic E-state index is 0. The second kappa shape index (κ2) is 12.2. The number of aryl methyl sites for hydroxylation is 1. The zero-order valence-corrected chi connectivity index (χ0v) is 12.9. The fourth-order valence-electron chi connectivity index (χ4n) is 1.53. The van der Waals surface area contributed by atoms with Crippen molar-refractivity contribution in [1.82, 2.24) is 4.98 Å². The van der Waals surface area contributed by atoms with Gasteiger partial charge in [0, 0.05) is 12.6 Å². The SMILES string of the molecule is Cc1ccc(NC(=O)CCCCCCN)nc1.Cl.Cl. The van der Waals surface area contributed by atoms with E-state index in [0.717, 1.165) is 37.8 Å². The zero-order valence-electron chi connectivity index (χ0n) is 11.2. The van der Waals surface area contributed by atoms with Gasteiger partial charge >= 0.3 is 0 Å². The van der Waals surface area contributed by atoms with E-state index >= 15 is 0 Å². The lowest BCUT2D eigenvalue weighted by Gasteiger charge is -2.04. The molecule has 0 aliphatic rings. The monoisotopic (exact) mass is 307 g/mol. The van der Waals surface area contributed by atoms with E-state index in [4.69, 9.17) is 5.73 Å². The predicted octanol–water partition coefficient (Wildman–Crippen LogP) is 3.08. The molecular weight excluding hydrogens is 285 g/mol. The molecule has 1 amide bonds. The number of unbranched alkanes of at least 4 members (excludes halogenated alkanes) is 3. The molecule has 0 atom stereocenters. The van der Waals surface area contributed by atoms with Gasteiger partial charge in [-0.3, -0.25) is 4.79 Å². The van der Waals surface area contributed by atoms with Crippen LogP contribution in [0.25, 0.3) is 0 Å². The molecule has 6 heteroatoms. The lowest BCUT2D eigenvalue weighted by atomic mass is 10.1. The van der Waals surface area contributed by atoms with Gasteiger partial charge in [-0.25, -0.2) is 4.98 Å². The van der Waals surface area contributed by atoms with Crippen LogP contribution in [0.4, 0.5) is 5.82 Å². The van der Waals surface area contributed by atoms with Crippen molar-refractivity contribution in [1.29, 1.82) is 0 Å². The number of amides is 1. The molecule has 1 heterocycles. The summed E-state index contributed by atoms with van der Waals surface area (Å²) >= 11 is 0. The summed E-state index contributed by atoms with van der Waals surface area (Å²) in [5.41, 5.74) is 6.49. The molecule has 0 aliphatic heterocycles. The van der Waals surface area contributed by atoms with Crippen molar-refractivity contribution in [3.8, 4) is 0 Å². The molecule has 0 bridgehead atoms. The van der Waals surface area contributed by atoms with Gasteiger partial charge in [-0.2, -0.15) is 0 Å². The summed E-state index contributed by atoms with van der Waals surface area (Å²) in [6, 6.07) is 3.76. The highest BCUT2D eigenvalue weighted by molar-refractivity contribution is 5.89. The number of pyridine rings is 1. The first-order chi connectivity index (χ1) is 8.22. The van der Waals surface area contributed by atoms with E-state index in [0.29, 0.717) is 12.2 Å². The number of rotatable bonds is 7. The predicted molar refractivity (Wildman–Crippen MR) is 84.2 cm³/mol. The number of aromatic nitrogens is 1. The van der Waals surface area contributed by atoms with Crippen molar-refractivity contribution in [2.75, 3.05) is 11.9 Å². The Hall–Kier alpha value is -0.840. The van der Waals surface area contributed by atoms with Crippen molar-refractivity contribution in [2.45, 2.75) is 39.0 Å². The molecule has 110 valence electrons. The van der Waals surface area contributed by atoms with Crippen molar-refractivity contribution in [2.24, 2.45) is 5.73 Å². The van der Waals surface area contributed by atoms with Crippen molar-refractivity contribution in [3.05, 3.63) is 23.9 Å². The minimum atomic E-state index is 0. The van der Waals surface area contributed by atoms with Gasteiger partial charge in [-0.15, -0.1) is 24.8 Å². The normalized spacial score (nSPS) is 9.16. The molecule has 0 fully saturated rings. The Kier molecular flexibility index (Phi) is 13.2. The van der Waals surface area contributed by atoms with Crippen LogP contribution in [0.15, 0.2) is 18.3 Å². The molecule has 4 nitrogen and oxygen atoms in total. The van der Waals surface area contributed by atoms with E-state index in [-0.39, 0.29) is 30.7 Å². The maximum atomic E-state index is 11.6. The van der Waals surface area contributed by atoms with Crippen LogP contribution in [-0.4, -0.2) is 17.4 Å². The molecule has 0 saturated heterocycles. The van der Waals surface area contributed by atoms with E-state index < -0.39 is 0 Å². The number of carbonyl (C=O) groups excluding carboxylic acids is 1. The Bertz CT molecular complexity index is 344. The highest BCUT2D eigenvalue weighted by Crippen LogP contribution is 2.07. The zero-order chi connectivity index (χ0) is 12.5. The smallest absolute Gasteiger partial charge is 0.225 e. The van der Waals surface area contributed by atoms with Gasteiger partial charge in [0.05, 0.1) is 0 Å². The molecule has 3 N–H and O–H groups in total. The maximum Gasteiger partial charge on any atom is 0.225 e. The molecule has 1 aromatic rings. The van der Waals surface area contributed by atoms with Crippen LogP contribution in [0.3, 0.4) is 0 Å². The van der Waals surface area contributed by atoms with Crippen LogP contribution in [0, 0.1) is 6.92 Å². The van der Waals surface area contributed by atoms with E-state index in [9.17, 15) is 4.79 Å². The third-order valence-electron chi connectivity index (χ3n) is 2.54. The molecule has 0 saturated carbocycles. The highest BCUT2D eigenvalue weighted by Gasteiger charge is 2.02. The molecular formula is C13H23Cl2N3O. The second-order valence-electron chi connectivity index (χ2n) is 4.22. The van der Waals surface area contributed by atoms with E-state index in [2.05, 4.69) is 10.3 Å². The first-order valence-electron chi connectivity index (χ1n) is 6.15. The number of nitrogens with one attached hydrogen (secondary N) is 1. The van der Waals surface area contributed by atoms with E-state index in [1.165, 1.54) is 0 Å². The largest absolute Gasteiger partial charge is 0.330 e. The van der Waals surface area contributed by atoms with Crippen molar-refractivity contribution < 1.29 is 4.79 Å². The molecule has 1 rings (SSSR count). The number of nitrogens with two attached hydrogens (primary N) is 1. The summed E-state index contributed by atoms with van der Waals surface area (Å²) in [5, 5.41) is 2.79. The van der Waals surface area contributed by atoms with Gasteiger partial charge < -0.3 is 11.1 Å². The molecule has 0 aromatic carbocycles. The molecule has 19 heavy (non-hydrogen) atoms. The number of carbonyl (C=O) groups is 1. The quantitative estimate of drug-likeness (QED) is 0.761. The van der Waals surface area contributed by atoms with Gasteiger partial charge in [-0.05, 0) is 37.9 Å². The van der Waals surface area contributed by atoms with Crippen LogP contribution in [0.5, 0.6) is 0 Å². The van der Waals surface area contributed by atoms with Crippen LogP contribution in [0.1, 0.15) is 37.7 Å². The number of hydrogen-bond acceptors (Lipinski definition) is 3. The maximum absolute atomic E-state index is 11.6. The third kappa shape index (κ3) is 9.70. The standard InChI is InChI=1S/C13H21N3O.2ClH/c1-11-7-8-12(15-10-11)16-13(17)6-4-2-3-5-9-14;;/h7-8,10H,2-6,9,14H2,1H3,(H,15,16,17);2*1H. The summed E-state index contributed by atoms with van der Waals surface area (Å²) < 4.78 is 0. The first kappa shape index (κ1) is 20.5. The summed E-state index contributed by atoms with van der Waals surface area (Å²) in [6.07, 6.45) is 6.42. The third-order valence-corrected chi connectivity index (χ3v) is 2.54. The van der Waals surface area contributed by atoms with Crippen LogP contribution in [0.2, 0.25) is 0 Å². The molecule has 0 spiro atoms. The van der Waals surface area contributed by atoms with Gasteiger partial charge in [0.15, 0.2) is 0 Å². The van der Waals surface area contributed by atoms with Crippen molar-refractivity contribution in [3.63, 3.8) is 0 Å². The van der Waals surface area contributed by atoms with E-state index in [1.54, 1.807) is 6.20 Å². The van der Waals surface area contributed by atoms with Gasteiger partial charge in [0.1, 0.15) is 5.82 Å². The summed E-state index contributed by atoms with van der Waals surface area (Å²) in [6.45, 7) is 2.70. The molecule has 0 aliphatic carbocycles. The number of nitrogens with zero attached hydrogens (tertiary/aromatic N) is 1. The van der Waals surface area contributed by atoms with Gasteiger partial charge in [0.25, 0.3) is 0 Å². The van der Waals surface area contributed by atoms with Crippen LogP contribution >= 0.6 is 24.8 Å². The fourth-order valence-corrected chi connectivity index (χ4v) is 1.53. The lowest BCUT2D eigenvalue weighted by Crippen LogP contribution is -2.12. The Labute approximate surface area is 127 Å². The minimum Gasteiger partial charge on any atom is -0.330 e. The summed E-state index contributed by atoms with van der Waals surface area (Å²) in [4.78, 5) is 15.7. The summed E-state index contributed by atoms with van der Waals surface area (Å²) in [7, 11) is 0. The van der Waals surface area contributed by atoms with Crippen LogP contribution in [-0.2, 0) is 4.79 Å². The number of halogens is 2. The Morgan fingerprint density at radius 1 is 1.21 bits per heavy atom. The average molecular weight is 308 g/mol. The van der Waals surface area contributed by atoms with E-state index in [1.807, 2.05) is 19.1 Å². The summed E-state index contributed by atoms with van der Waals surface area (Å²) in [5.74, 6) is 0.664. The van der Waals surface area contributed by atoms with Gasteiger partial charge in [-0.1, -0.05) is 18.9 Å². The van der Waals surface area contributed by atoms with Gasteiger partial charge in [0.2, 0.25) is 5.91 Å². The molecule has 0 radical (unpaired) electrons. The Morgan fingerprint density at radius 3 is 2.47 bits per heavy atom. The topological polar surface area (TPSA) is 68.0 Å². The second-order valence-corrected chi connectivity index (χ2v) is 4.22. The number of hydrogen-bond donors (Lipinski definition) is 2. The average Bonchev–Trinajstić information content (AvgIpc) is 2.32. The first-order valence-corrected chi connectivity index (χ1v) is 6.15. The molecule has 1 aromatic heterocycles. The number of anilines is 1. The Balaban J connectivity index is 0. The Morgan fingerprint density at radius 2 is 1.89 bits per heavy atom.